The Morgan fingerprint density at radius 2 is 1.67 bits per heavy atom. The molecule has 0 aliphatic rings. The molecule has 0 aliphatic carbocycles. The van der Waals surface area contributed by atoms with E-state index >= 15 is 0 Å². The summed E-state index contributed by atoms with van der Waals surface area (Å²) in [4.78, 5) is 14.0. The van der Waals surface area contributed by atoms with Gasteiger partial charge in [-0.1, -0.05) is 0 Å². The molecular weight excluding hydrogens is 232 g/mol. The molecule has 0 fully saturated rings. The molecule has 0 saturated carbocycles. The molecule has 0 amide bonds. The lowest BCUT2D eigenvalue weighted by atomic mass is 9.86. The van der Waals surface area contributed by atoms with Gasteiger partial charge in [-0.05, 0) is 27.7 Å². The number of rotatable bonds is 4. The standard InChI is InChI=1S/C11H22N6O/c1-10(2,11(3,4)18)16-8-13-7(12)14-9(15-8)17(5)6/h18H,1-6H3,(H3,12,13,14,15,16). The third-order valence-corrected chi connectivity index (χ3v) is 2.99. The summed E-state index contributed by atoms with van der Waals surface area (Å²) in [6.45, 7) is 7.17. The molecule has 1 rings (SSSR count). The lowest BCUT2D eigenvalue weighted by Crippen LogP contribution is -2.51. The van der Waals surface area contributed by atoms with Crippen molar-refractivity contribution in [2.24, 2.45) is 0 Å². The van der Waals surface area contributed by atoms with Crippen LogP contribution >= 0.6 is 0 Å². The van der Waals surface area contributed by atoms with E-state index in [0.29, 0.717) is 11.9 Å². The Hall–Kier alpha value is -1.63. The molecule has 0 aliphatic heterocycles. The van der Waals surface area contributed by atoms with E-state index in [1.54, 1.807) is 18.7 Å². The minimum Gasteiger partial charge on any atom is -0.388 e. The number of hydrogen-bond donors (Lipinski definition) is 3. The Kier molecular flexibility index (Phi) is 3.66. The fraction of sp³-hybridized carbons (Fsp3) is 0.727. The van der Waals surface area contributed by atoms with Gasteiger partial charge in [0.1, 0.15) is 0 Å². The molecule has 0 bridgehead atoms. The van der Waals surface area contributed by atoms with Crippen molar-refractivity contribution in [3.63, 3.8) is 0 Å². The predicted octanol–water partition coefficient (Wildman–Crippen LogP) is 0.481. The van der Waals surface area contributed by atoms with Crippen LogP contribution < -0.4 is 16.0 Å². The second-order valence-electron chi connectivity index (χ2n) is 5.52. The first kappa shape index (κ1) is 14.4. The third kappa shape index (κ3) is 3.19. The molecule has 7 nitrogen and oxygen atoms in total. The Morgan fingerprint density at radius 3 is 2.11 bits per heavy atom. The van der Waals surface area contributed by atoms with Crippen molar-refractivity contribution in [1.82, 2.24) is 15.0 Å². The molecule has 0 aromatic carbocycles. The van der Waals surface area contributed by atoms with E-state index in [0.717, 1.165) is 0 Å². The Morgan fingerprint density at radius 1 is 1.11 bits per heavy atom. The molecule has 0 unspecified atom stereocenters. The van der Waals surface area contributed by atoms with Gasteiger partial charge in [0.2, 0.25) is 17.8 Å². The van der Waals surface area contributed by atoms with E-state index in [9.17, 15) is 5.11 Å². The van der Waals surface area contributed by atoms with Crippen LogP contribution in [0.25, 0.3) is 0 Å². The van der Waals surface area contributed by atoms with E-state index in [1.165, 1.54) is 0 Å². The number of nitrogens with two attached hydrogens (primary N) is 1. The largest absolute Gasteiger partial charge is 0.388 e. The fourth-order valence-electron chi connectivity index (χ4n) is 1.07. The summed E-state index contributed by atoms with van der Waals surface area (Å²) in [5.74, 6) is 0.956. The van der Waals surface area contributed by atoms with Crippen LogP contribution in [0.2, 0.25) is 0 Å². The van der Waals surface area contributed by atoms with Gasteiger partial charge in [0.25, 0.3) is 0 Å². The molecule has 1 aromatic heterocycles. The van der Waals surface area contributed by atoms with Crippen molar-refractivity contribution >= 4 is 17.8 Å². The van der Waals surface area contributed by atoms with Crippen molar-refractivity contribution in [2.75, 3.05) is 30.0 Å². The molecule has 102 valence electrons. The molecule has 0 atom stereocenters. The summed E-state index contributed by atoms with van der Waals surface area (Å²) < 4.78 is 0. The SMILES string of the molecule is CN(C)c1nc(N)nc(NC(C)(C)C(C)(C)O)n1. The van der Waals surface area contributed by atoms with Gasteiger partial charge in [-0.2, -0.15) is 15.0 Å². The maximum atomic E-state index is 10.1. The van der Waals surface area contributed by atoms with Gasteiger partial charge in [-0.25, -0.2) is 0 Å². The van der Waals surface area contributed by atoms with Gasteiger partial charge in [-0.15, -0.1) is 0 Å². The number of hydrogen-bond acceptors (Lipinski definition) is 7. The van der Waals surface area contributed by atoms with Crippen LogP contribution in [0.3, 0.4) is 0 Å². The minimum absolute atomic E-state index is 0.141. The highest BCUT2D eigenvalue weighted by Gasteiger charge is 2.35. The van der Waals surface area contributed by atoms with Gasteiger partial charge < -0.3 is 21.1 Å². The summed E-state index contributed by atoms with van der Waals surface area (Å²) in [5, 5.41) is 13.2. The lowest BCUT2D eigenvalue weighted by molar-refractivity contribution is 0.0237. The topological polar surface area (TPSA) is 100 Å². The number of nitrogen functional groups attached to an aromatic ring is 1. The number of nitrogens with zero attached hydrogens (tertiary/aromatic N) is 4. The number of aliphatic hydroxyl groups is 1. The summed E-state index contributed by atoms with van der Waals surface area (Å²) in [6, 6.07) is 0. The van der Waals surface area contributed by atoms with Crippen LogP contribution in [0, 0.1) is 0 Å². The van der Waals surface area contributed by atoms with Crippen LogP contribution in [0.4, 0.5) is 17.8 Å². The quantitative estimate of drug-likeness (QED) is 0.718. The van der Waals surface area contributed by atoms with Crippen LogP contribution in [-0.4, -0.2) is 45.3 Å². The second kappa shape index (κ2) is 4.56. The zero-order valence-corrected chi connectivity index (χ0v) is 11.8. The van der Waals surface area contributed by atoms with E-state index in [4.69, 9.17) is 5.73 Å². The van der Waals surface area contributed by atoms with E-state index in [-0.39, 0.29) is 5.95 Å². The number of aromatic nitrogens is 3. The Labute approximate surface area is 107 Å². The zero-order valence-electron chi connectivity index (χ0n) is 11.8. The molecule has 1 aromatic rings. The smallest absolute Gasteiger partial charge is 0.231 e. The summed E-state index contributed by atoms with van der Waals surface area (Å²) in [6.07, 6.45) is 0. The monoisotopic (exact) mass is 254 g/mol. The average Bonchev–Trinajstić information content (AvgIpc) is 2.13. The Bertz CT molecular complexity index is 424. The molecule has 4 N–H and O–H groups in total. The third-order valence-electron chi connectivity index (χ3n) is 2.99. The molecule has 0 radical (unpaired) electrons. The molecular formula is C11H22N6O. The van der Waals surface area contributed by atoms with Crippen molar-refractivity contribution in [3.05, 3.63) is 0 Å². The molecule has 18 heavy (non-hydrogen) atoms. The highest BCUT2D eigenvalue weighted by molar-refractivity contribution is 5.42. The first-order valence-electron chi connectivity index (χ1n) is 5.72. The summed E-state index contributed by atoms with van der Waals surface area (Å²) in [5.41, 5.74) is 4.09. The van der Waals surface area contributed by atoms with E-state index in [1.807, 2.05) is 27.9 Å². The summed E-state index contributed by atoms with van der Waals surface area (Å²) in [7, 11) is 3.64. The maximum Gasteiger partial charge on any atom is 0.231 e. The normalized spacial score (nSPS) is 12.4. The maximum absolute atomic E-state index is 10.1. The van der Waals surface area contributed by atoms with Gasteiger partial charge >= 0.3 is 0 Å². The molecule has 0 spiro atoms. The number of nitrogens with one attached hydrogen (secondary N) is 1. The highest BCUT2D eigenvalue weighted by atomic mass is 16.3. The van der Waals surface area contributed by atoms with Gasteiger partial charge in [0.15, 0.2) is 0 Å². The highest BCUT2D eigenvalue weighted by Crippen LogP contribution is 2.24. The van der Waals surface area contributed by atoms with E-state index in [2.05, 4.69) is 20.3 Å². The Balaban J connectivity index is 3.05. The first-order chi connectivity index (χ1) is 8.03. The molecule has 0 saturated heterocycles. The van der Waals surface area contributed by atoms with Crippen molar-refractivity contribution in [2.45, 2.75) is 38.8 Å². The van der Waals surface area contributed by atoms with Crippen molar-refractivity contribution in [3.8, 4) is 0 Å². The first-order valence-corrected chi connectivity index (χ1v) is 5.72. The van der Waals surface area contributed by atoms with Crippen LogP contribution in [0.15, 0.2) is 0 Å². The fourth-order valence-corrected chi connectivity index (χ4v) is 1.07. The van der Waals surface area contributed by atoms with Crippen molar-refractivity contribution in [1.29, 1.82) is 0 Å². The van der Waals surface area contributed by atoms with Gasteiger partial charge in [0.05, 0.1) is 11.1 Å². The molecule has 1 heterocycles. The predicted molar refractivity (Wildman–Crippen MR) is 72.6 cm³/mol. The lowest BCUT2D eigenvalue weighted by Gasteiger charge is -2.38. The number of anilines is 3. The van der Waals surface area contributed by atoms with Crippen LogP contribution in [-0.2, 0) is 0 Å². The summed E-state index contributed by atoms with van der Waals surface area (Å²) >= 11 is 0. The van der Waals surface area contributed by atoms with Crippen molar-refractivity contribution < 1.29 is 5.11 Å². The van der Waals surface area contributed by atoms with Gasteiger partial charge in [-0.3, -0.25) is 0 Å². The zero-order chi connectivity index (χ0) is 14.1. The molecule has 7 heteroatoms. The average molecular weight is 254 g/mol. The minimum atomic E-state index is -0.938. The van der Waals surface area contributed by atoms with Gasteiger partial charge in [0, 0.05) is 14.1 Å². The van der Waals surface area contributed by atoms with Crippen LogP contribution in [0.5, 0.6) is 0 Å². The van der Waals surface area contributed by atoms with Crippen LogP contribution in [0.1, 0.15) is 27.7 Å². The second-order valence-corrected chi connectivity index (χ2v) is 5.52. The van der Waals surface area contributed by atoms with E-state index < -0.39 is 11.1 Å².